The minimum absolute atomic E-state index is 0.335. The van der Waals surface area contributed by atoms with Crippen LogP contribution < -0.4 is 11.1 Å². The summed E-state index contributed by atoms with van der Waals surface area (Å²) in [5.74, 6) is -2.37. The predicted octanol–water partition coefficient (Wildman–Crippen LogP) is 5.93. The Balaban J connectivity index is 0.000000204. The van der Waals surface area contributed by atoms with Crippen molar-refractivity contribution in [2.75, 3.05) is 33.2 Å². The maximum Gasteiger partial charge on any atom is 0.326 e. The molecule has 270 valence electrons. The molecule has 9 nitrogen and oxygen atoms in total. The molecule has 1 aliphatic carbocycles. The van der Waals surface area contributed by atoms with Crippen molar-refractivity contribution >= 4 is 35.6 Å². The zero-order valence-electron chi connectivity index (χ0n) is 29.7. The Hall–Kier alpha value is -4.57. The van der Waals surface area contributed by atoms with Gasteiger partial charge in [0.15, 0.2) is 0 Å². The number of aliphatic carboxylic acids is 2. The number of rotatable bonds is 12. The van der Waals surface area contributed by atoms with E-state index in [9.17, 15) is 24.6 Å². The summed E-state index contributed by atoms with van der Waals surface area (Å²) in [4.78, 5) is 40.1. The molecular formula is C42H52N4O5. The fourth-order valence-corrected chi connectivity index (χ4v) is 7.32. The molecule has 9 heteroatoms. The molecule has 0 spiro atoms. The highest BCUT2D eigenvalue weighted by atomic mass is 16.4. The number of carboxylic acid groups (broad SMARTS) is 2. The molecule has 2 saturated heterocycles. The topological polar surface area (TPSA) is 136 Å². The highest BCUT2D eigenvalue weighted by molar-refractivity contribution is 5.95. The lowest BCUT2D eigenvalue weighted by Gasteiger charge is -2.29. The quantitative estimate of drug-likeness (QED) is 0.134. The summed E-state index contributed by atoms with van der Waals surface area (Å²) in [5, 5.41) is 22.0. The standard InChI is InChI=1S/C21H31N3O5.C21H21N/c22-13-5-4-9-16(19(25)24-14-6-10-18(24)21(28)29)23-17(20(26)27)12-11-15-7-2-1-3-8-15;1-22-14-12-18(13-15-22)21-19-8-4-2-6-16(19)10-11-17-7-3-5-9-20(17)21/h1-3,7-8,16-18,23H,4-6,9-14,22H2,(H,26,27)(H,28,29);2-11H,12-15H2,1H3/t16-,17-,18-;/m0./s1. The normalized spacial score (nSPS) is 18.2. The summed E-state index contributed by atoms with van der Waals surface area (Å²) in [7, 11) is 2.22. The van der Waals surface area contributed by atoms with Gasteiger partial charge in [-0.15, -0.1) is 0 Å². The maximum absolute atomic E-state index is 13.1. The molecule has 5 N–H and O–H groups in total. The second-order valence-corrected chi connectivity index (χ2v) is 13.7. The van der Waals surface area contributed by atoms with Gasteiger partial charge in [-0.1, -0.05) is 103 Å². The number of unbranched alkanes of at least 4 members (excludes halogenated alkanes) is 1. The van der Waals surface area contributed by atoms with Gasteiger partial charge in [-0.2, -0.15) is 0 Å². The van der Waals surface area contributed by atoms with Gasteiger partial charge in [0.05, 0.1) is 6.04 Å². The van der Waals surface area contributed by atoms with E-state index in [-0.39, 0.29) is 5.91 Å². The lowest BCUT2D eigenvalue weighted by atomic mass is 9.86. The molecule has 0 bridgehead atoms. The van der Waals surface area contributed by atoms with Crippen LogP contribution in [0.4, 0.5) is 0 Å². The zero-order valence-corrected chi connectivity index (χ0v) is 29.7. The number of carboxylic acids is 2. The number of carbonyl (C=O) groups excluding carboxylic acids is 1. The summed E-state index contributed by atoms with van der Waals surface area (Å²) in [6.07, 6.45) is 10.6. The van der Waals surface area contributed by atoms with E-state index in [0.29, 0.717) is 51.6 Å². The summed E-state index contributed by atoms with van der Waals surface area (Å²) >= 11 is 0. The number of nitrogens with one attached hydrogen (secondary N) is 1. The second kappa shape index (κ2) is 18.6. The van der Waals surface area contributed by atoms with Crippen molar-refractivity contribution in [2.24, 2.45) is 5.73 Å². The first kappa shape index (κ1) is 37.7. The minimum atomic E-state index is -1.02. The van der Waals surface area contributed by atoms with E-state index in [1.807, 2.05) is 30.3 Å². The van der Waals surface area contributed by atoms with Crippen LogP contribution >= 0.6 is 0 Å². The van der Waals surface area contributed by atoms with E-state index in [4.69, 9.17) is 5.73 Å². The molecular weight excluding hydrogens is 640 g/mol. The van der Waals surface area contributed by atoms with Crippen molar-refractivity contribution in [1.29, 1.82) is 0 Å². The van der Waals surface area contributed by atoms with Crippen LogP contribution in [0.2, 0.25) is 0 Å². The summed E-state index contributed by atoms with van der Waals surface area (Å²) in [6.45, 7) is 3.19. The van der Waals surface area contributed by atoms with Gasteiger partial charge < -0.3 is 25.7 Å². The molecule has 0 saturated carbocycles. The molecule has 2 heterocycles. The minimum Gasteiger partial charge on any atom is -0.480 e. The van der Waals surface area contributed by atoms with Crippen LogP contribution in [-0.2, 0) is 20.8 Å². The van der Waals surface area contributed by atoms with Crippen LogP contribution in [0.3, 0.4) is 0 Å². The number of likely N-dealkylation sites (tertiary alicyclic amines) is 2. The Kier molecular flexibility index (Phi) is 13.7. The average molecular weight is 693 g/mol. The third-order valence-corrected chi connectivity index (χ3v) is 10.2. The third-order valence-electron chi connectivity index (χ3n) is 10.2. The number of piperidine rings is 1. The van der Waals surface area contributed by atoms with Gasteiger partial charge in [-0.05, 0) is 98.3 Å². The molecule has 3 atom stereocenters. The van der Waals surface area contributed by atoms with Crippen LogP contribution in [0.5, 0.6) is 0 Å². The van der Waals surface area contributed by atoms with E-state index < -0.39 is 30.1 Å². The number of benzene rings is 3. The average Bonchev–Trinajstić information content (AvgIpc) is 3.58. The molecule has 0 unspecified atom stereocenters. The number of amides is 1. The third kappa shape index (κ3) is 10.0. The van der Waals surface area contributed by atoms with Gasteiger partial charge in [-0.25, -0.2) is 4.79 Å². The molecule has 6 rings (SSSR count). The van der Waals surface area contributed by atoms with Crippen molar-refractivity contribution in [3.05, 3.63) is 112 Å². The molecule has 1 amide bonds. The molecule has 0 radical (unpaired) electrons. The molecule has 0 aromatic heterocycles. The van der Waals surface area contributed by atoms with Crippen LogP contribution in [0.1, 0.15) is 79.2 Å². The number of nitrogens with two attached hydrogens (primary N) is 1. The van der Waals surface area contributed by atoms with E-state index in [1.54, 1.807) is 5.57 Å². The number of aryl methyl sites for hydroxylation is 1. The van der Waals surface area contributed by atoms with Gasteiger partial charge in [0.25, 0.3) is 0 Å². The fraction of sp³-hybridized carbons (Fsp3) is 0.405. The highest BCUT2D eigenvalue weighted by Gasteiger charge is 2.38. The molecule has 2 fully saturated rings. The first-order chi connectivity index (χ1) is 24.8. The molecule has 3 aromatic carbocycles. The van der Waals surface area contributed by atoms with E-state index >= 15 is 0 Å². The van der Waals surface area contributed by atoms with Gasteiger partial charge in [0, 0.05) is 19.6 Å². The predicted molar refractivity (Wildman–Crippen MR) is 203 cm³/mol. The number of carbonyl (C=O) groups is 3. The maximum atomic E-state index is 13.1. The Morgan fingerprint density at radius 2 is 1.41 bits per heavy atom. The smallest absolute Gasteiger partial charge is 0.326 e. The fourth-order valence-electron chi connectivity index (χ4n) is 7.32. The number of nitrogens with zero attached hydrogens (tertiary/aromatic N) is 2. The summed E-state index contributed by atoms with van der Waals surface area (Å²) in [5.41, 5.74) is 15.1. The molecule has 51 heavy (non-hydrogen) atoms. The summed E-state index contributed by atoms with van der Waals surface area (Å²) < 4.78 is 0. The van der Waals surface area contributed by atoms with E-state index in [0.717, 1.165) is 25.1 Å². The Bertz CT molecular complexity index is 1640. The van der Waals surface area contributed by atoms with Gasteiger partial charge in [0.1, 0.15) is 12.1 Å². The van der Waals surface area contributed by atoms with E-state index in [2.05, 4.69) is 77.9 Å². The Morgan fingerprint density at radius 1 is 0.804 bits per heavy atom. The summed E-state index contributed by atoms with van der Waals surface area (Å²) in [6, 6.07) is 24.7. The van der Waals surface area contributed by atoms with Crippen molar-refractivity contribution in [2.45, 2.75) is 75.9 Å². The molecule has 3 aromatic rings. The first-order valence-corrected chi connectivity index (χ1v) is 18.3. The lowest BCUT2D eigenvalue weighted by Crippen LogP contribution is -2.54. The Labute approximate surface area is 301 Å². The highest BCUT2D eigenvalue weighted by Crippen LogP contribution is 2.38. The van der Waals surface area contributed by atoms with Gasteiger partial charge in [-0.3, -0.25) is 14.9 Å². The van der Waals surface area contributed by atoms with Crippen molar-refractivity contribution in [3.8, 4) is 0 Å². The molecule has 2 aliphatic heterocycles. The zero-order chi connectivity index (χ0) is 36.2. The monoisotopic (exact) mass is 692 g/mol. The van der Waals surface area contributed by atoms with Crippen molar-refractivity contribution < 1.29 is 24.6 Å². The first-order valence-electron chi connectivity index (χ1n) is 18.3. The number of hydrogen-bond donors (Lipinski definition) is 4. The molecule has 3 aliphatic rings. The van der Waals surface area contributed by atoms with Gasteiger partial charge >= 0.3 is 11.9 Å². The van der Waals surface area contributed by atoms with Crippen LogP contribution in [0.15, 0.2) is 84.4 Å². The van der Waals surface area contributed by atoms with Crippen LogP contribution in [0, 0.1) is 0 Å². The second-order valence-electron chi connectivity index (χ2n) is 13.7. The Morgan fingerprint density at radius 3 is 2.00 bits per heavy atom. The lowest BCUT2D eigenvalue weighted by molar-refractivity contribution is -0.149. The van der Waals surface area contributed by atoms with Crippen molar-refractivity contribution in [1.82, 2.24) is 15.1 Å². The van der Waals surface area contributed by atoms with Crippen molar-refractivity contribution in [3.63, 3.8) is 0 Å². The van der Waals surface area contributed by atoms with Gasteiger partial charge in [0.2, 0.25) is 5.91 Å². The largest absolute Gasteiger partial charge is 0.480 e. The SMILES string of the molecule is CN1CCC(=C2c3ccccc3C=Cc3ccccc32)CC1.NCCCC[C@H](N[C@@H](CCc1ccccc1)C(=O)O)C(=O)N1CCC[C@H]1C(=O)O. The number of hydrogen-bond acceptors (Lipinski definition) is 6. The van der Waals surface area contributed by atoms with Crippen LogP contribution in [0.25, 0.3) is 17.7 Å². The van der Waals surface area contributed by atoms with Crippen LogP contribution in [-0.4, -0.2) is 89.2 Å². The van der Waals surface area contributed by atoms with E-state index in [1.165, 1.54) is 45.6 Å². The number of fused-ring (bicyclic) bond motifs is 2.